The summed E-state index contributed by atoms with van der Waals surface area (Å²) in [4.78, 5) is 15.2. The van der Waals surface area contributed by atoms with Gasteiger partial charge in [-0.05, 0) is 29.1 Å². The largest absolute Gasteiger partial charge is 2.00 e. The van der Waals surface area contributed by atoms with Crippen LogP contribution in [0.3, 0.4) is 0 Å². The maximum Gasteiger partial charge on any atom is 2.00 e. The van der Waals surface area contributed by atoms with E-state index < -0.39 is 0 Å². The van der Waals surface area contributed by atoms with Crippen LogP contribution in [0, 0.1) is 12.1 Å². The smallest absolute Gasteiger partial charge is 0.497 e. The van der Waals surface area contributed by atoms with E-state index >= 15 is 0 Å². The van der Waals surface area contributed by atoms with Crippen molar-refractivity contribution in [3.63, 3.8) is 0 Å². The summed E-state index contributed by atoms with van der Waals surface area (Å²) in [6.45, 7) is 0. The Balaban J connectivity index is 0.00000361. The van der Waals surface area contributed by atoms with Gasteiger partial charge in [-0.15, -0.1) is 12.1 Å². The van der Waals surface area contributed by atoms with Crippen LogP contribution >= 0.6 is 0 Å². The first-order chi connectivity index (χ1) is 26.3. The second-order valence-electron chi connectivity index (χ2n) is 13.1. The normalized spacial score (nSPS) is 11.6. The average Bonchev–Trinajstić information content (AvgIpc) is 3.87. The van der Waals surface area contributed by atoms with Gasteiger partial charge in [0.1, 0.15) is 0 Å². The van der Waals surface area contributed by atoms with Gasteiger partial charge in [-0.2, -0.15) is 0 Å². The number of fused-ring (bicyclic) bond motifs is 12. The number of pyridine rings is 3. The molecule has 0 amide bonds. The zero-order valence-corrected chi connectivity index (χ0v) is 30.8. The number of nitrogens with zero attached hydrogens (tertiary/aromatic N) is 5. The average molecular weight is 873 g/mol. The van der Waals surface area contributed by atoms with Gasteiger partial charge in [0, 0.05) is 40.5 Å². The van der Waals surface area contributed by atoms with E-state index in [1.807, 2.05) is 60.8 Å². The van der Waals surface area contributed by atoms with Crippen LogP contribution in [0.15, 0.2) is 164 Å². The van der Waals surface area contributed by atoms with Crippen molar-refractivity contribution in [2.75, 3.05) is 0 Å². The van der Waals surface area contributed by atoms with Crippen LogP contribution in [0.4, 0.5) is 0 Å². The van der Waals surface area contributed by atoms with Crippen LogP contribution in [-0.2, 0) is 21.1 Å². The molecule has 11 rings (SSSR count). The van der Waals surface area contributed by atoms with Gasteiger partial charge in [0.15, 0.2) is 0 Å². The number of para-hydroxylation sites is 1. The van der Waals surface area contributed by atoms with Crippen molar-refractivity contribution in [1.82, 2.24) is 23.8 Å². The number of benzene rings is 6. The number of imidazole rings is 2. The van der Waals surface area contributed by atoms with Crippen molar-refractivity contribution in [3.8, 4) is 45.3 Å². The summed E-state index contributed by atoms with van der Waals surface area (Å²) in [5, 5.41) is 4.83. The topological polar surface area (TPSA) is 56.7 Å². The first-order valence-corrected chi connectivity index (χ1v) is 17.5. The van der Waals surface area contributed by atoms with Gasteiger partial charge in [0.05, 0.1) is 39.4 Å². The van der Waals surface area contributed by atoms with E-state index in [1.165, 1.54) is 0 Å². The zero-order chi connectivity index (χ0) is 34.9. The molecule has 6 aromatic carbocycles. The van der Waals surface area contributed by atoms with E-state index in [4.69, 9.17) is 19.7 Å². The molecule has 0 saturated carbocycles. The second kappa shape index (κ2) is 12.8. The molecule has 7 heteroatoms. The maximum absolute atomic E-state index is 6.61. The third-order valence-corrected chi connectivity index (χ3v) is 9.99. The van der Waals surface area contributed by atoms with Crippen LogP contribution in [0.25, 0.3) is 88.5 Å². The van der Waals surface area contributed by atoms with Gasteiger partial charge in [0.25, 0.3) is 0 Å². The molecule has 5 heterocycles. The fourth-order valence-electron chi connectivity index (χ4n) is 7.63. The first-order valence-electron chi connectivity index (χ1n) is 17.5. The van der Waals surface area contributed by atoms with Crippen LogP contribution in [0.1, 0.15) is 0 Å². The molecule has 0 radical (unpaired) electrons. The summed E-state index contributed by atoms with van der Waals surface area (Å²) < 4.78 is 11.0. The predicted octanol–water partition coefficient (Wildman–Crippen LogP) is 11.4. The number of hydrogen-bond acceptors (Lipinski definition) is 4. The number of ether oxygens (including phenoxy) is 1. The molecule has 0 aliphatic carbocycles. The molecular formula is C47H27N5OPt. The molecule has 0 spiro atoms. The summed E-state index contributed by atoms with van der Waals surface area (Å²) in [7, 11) is 0. The van der Waals surface area contributed by atoms with Crippen molar-refractivity contribution in [3.05, 3.63) is 176 Å². The van der Waals surface area contributed by atoms with Crippen molar-refractivity contribution >= 4 is 54.8 Å². The zero-order valence-electron chi connectivity index (χ0n) is 28.5. The fraction of sp³-hybridized carbons (Fsp3) is 0. The Bertz CT molecular complexity index is 3190. The number of hydrogen-bond donors (Lipinski definition) is 0. The Hall–Kier alpha value is -6.62. The molecule has 0 fully saturated rings. The summed E-state index contributed by atoms with van der Waals surface area (Å²) in [5.74, 6) is 1.13. The molecule has 0 aliphatic heterocycles. The van der Waals surface area contributed by atoms with Gasteiger partial charge >= 0.3 is 21.1 Å². The Kier molecular flexibility index (Phi) is 7.60. The van der Waals surface area contributed by atoms with Crippen molar-refractivity contribution in [2.45, 2.75) is 0 Å². The van der Waals surface area contributed by atoms with Gasteiger partial charge in [-0.3, -0.25) is 15.0 Å². The molecular weight excluding hydrogens is 846 g/mol. The first kappa shape index (κ1) is 32.1. The minimum atomic E-state index is 0. The molecule has 11 aromatic rings. The molecule has 0 N–H and O–H groups in total. The molecule has 0 bridgehead atoms. The summed E-state index contributed by atoms with van der Waals surface area (Å²) in [6, 6.07) is 58.9. The van der Waals surface area contributed by atoms with Crippen LogP contribution < -0.4 is 4.74 Å². The van der Waals surface area contributed by atoms with E-state index in [1.54, 1.807) is 0 Å². The SMILES string of the molecule is [Pt+2].[c-]1c(Oc2[c-]c3c(cc2)c2ccccc2n2c(-c4ccccc4)c(-c4ccccc4)nc32)ccc2c1c1nc(-c3ccccc3)cn1c1cccnc21. The molecule has 0 saturated heterocycles. The minimum Gasteiger partial charge on any atom is -0.497 e. The Morgan fingerprint density at radius 1 is 0.500 bits per heavy atom. The molecule has 0 atom stereocenters. The molecule has 0 aliphatic rings. The summed E-state index contributed by atoms with van der Waals surface area (Å²) in [5.41, 5.74) is 10.6. The number of aromatic nitrogens is 5. The minimum absolute atomic E-state index is 0. The van der Waals surface area contributed by atoms with Crippen molar-refractivity contribution in [1.29, 1.82) is 0 Å². The third kappa shape index (κ3) is 5.02. The van der Waals surface area contributed by atoms with Gasteiger partial charge < -0.3 is 13.5 Å². The van der Waals surface area contributed by atoms with Gasteiger partial charge in [-0.25, -0.2) is 0 Å². The van der Waals surface area contributed by atoms with E-state index in [-0.39, 0.29) is 21.1 Å². The fourth-order valence-corrected chi connectivity index (χ4v) is 7.63. The molecule has 5 aromatic heterocycles. The Morgan fingerprint density at radius 2 is 1.11 bits per heavy atom. The molecule has 256 valence electrons. The molecule has 0 unspecified atom stereocenters. The summed E-state index contributed by atoms with van der Waals surface area (Å²) >= 11 is 0. The Morgan fingerprint density at radius 3 is 1.85 bits per heavy atom. The quantitative estimate of drug-likeness (QED) is 0.128. The van der Waals surface area contributed by atoms with E-state index in [9.17, 15) is 0 Å². The van der Waals surface area contributed by atoms with Crippen molar-refractivity contribution in [2.24, 2.45) is 0 Å². The predicted molar refractivity (Wildman–Crippen MR) is 212 cm³/mol. The van der Waals surface area contributed by atoms with Gasteiger partial charge in [-0.1, -0.05) is 155 Å². The van der Waals surface area contributed by atoms with E-state index in [2.05, 4.69) is 124 Å². The summed E-state index contributed by atoms with van der Waals surface area (Å²) in [6.07, 6.45) is 3.89. The number of rotatable bonds is 5. The van der Waals surface area contributed by atoms with Crippen molar-refractivity contribution < 1.29 is 25.8 Å². The van der Waals surface area contributed by atoms with Crippen LogP contribution in [0.2, 0.25) is 0 Å². The standard InChI is InChI=1S/C47H27N5O.Pt/c1-4-13-30(14-5-1)40-29-51-42-21-12-26-48-44(42)37-25-23-34(28-39(37)46(51)49-40)53-33-22-24-35-36-19-10-11-20-41(36)52-45(32-17-8-3-9-18-32)43(31-15-6-2-7-16-31)50-47(52)38(35)27-33;/h1-26,29H;/q-2;+2. The molecule has 54 heavy (non-hydrogen) atoms. The molecule has 6 nitrogen and oxygen atoms in total. The Labute approximate surface area is 324 Å². The monoisotopic (exact) mass is 872 g/mol. The van der Waals surface area contributed by atoms with Crippen LogP contribution in [-0.4, -0.2) is 23.8 Å². The second-order valence-corrected chi connectivity index (χ2v) is 13.1. The van der Waals surface area contributed by atoms with E-state index in [0.717, 1.165) is 88.5 Å². The third-order valence-electron chi connectivity index (χ3n) is 9.99. The van der Waals surface area contributed by atoms with E-state index in [0.29, 0.717) is 11.5 Å². The van der Waals surface area contributed by atoms with Gasteiger partial charge in [0.2, 0.25) is 0 Å². The van der Waals surface area contributed by atoms with Crippen LogP contribution in [0.5, 0.6) is 11.5 Å². The maximum atomic E-state index is 6.61.